The summed E-state index contributed by atoms with van der Waals surface area (Å²) in [6.07, 6.45) is 0.978. The molecule has 0 fully saturated rings. The van der Waals surface area contributed by atoms with Crippen LogP contribution in [0.25, 0.3) is 0 Å². The summed E-state index contributed by atoms with van der Waals surface area (Å²) < 4.78 is 0. The fraction of sp³-hybridized carbons (Fsp3) is 0.500. The first kappa shape index (κ1) is 9.99. The van der Waals surface area contributed by atoms with E-state index in [1.54, 1.807) is 0 Å². The third-order valence-corrected chi connectivity index (χ3v) is 1.94. The maximum Gasteiger partial charge on any atom is 0.126 e. The molecule has 0 spiro atoms. The predicted octanol–water partition coefficient (Wildman–Crippen LogP) is 1.41. The molecule has 3 nitrogen and oxygen atoms in total. The second-order valence-electron chi connectivity index (χ2n) is 2.99. The smallest absolute Gasteiger partial charge is 0.126 e. The molecule has 0 aliphatic carbocycles. The molecule has 0 saturated carbocycles. The van der Waals surface area contributed by atoms with E-state index in [0.717, 1.165) is 24.5 Å². The number of rotatable bonds is 4. The number of nitrogens with one attached hydrogen (secondary N) is 2. The minimum Gasteiger partial charge on any atom is -0.373 e. The summed E-state index contributed by atoms with van der Waals surface area (Å²) >= 11 is 0. The molecular weight excluding hydrogens is 162 g/mol. The van der Waals surface area contributed by atoms with Crippen molar-refractivity contribution in [1.29, 1.82) is 0 Å². The van der Waals surface area contributed by atoms with Crippen molar-refractivity contribution in [2.75, 3.05) is 19.4 Å². The molecule has 0 aliphatic rings. The Kier molecular flexibility index (Phi) is 3.71. The monoisotopic (exact) mass is 179 g/mol. The van der Waals surface area contributed by atoms with E-state index in [9.17, 15) is 0 Å². The quantitative estimate of drug-likeness (QED) is 0.733. The maximum absolute atomic E-state index is 4.41. The zero-order valence-corrected chi connectivity index (χ0v) is 8.52. The summed E-state index contributed by atoms with van der Waals surface area (Å²) in [4.78, 5) is 4.41. The number of pyridine rings is 1. The minimum atomic E-state index is 0.893. The van der Waals surface area contributed by atoms with Crippen LogP contribution in [-0.4, -0.2) is 19.1 Å². The molecule has 0 unspecified atom stereocenters. The van der Waals surface area contributed by atoms with Crippen molar-refractivity contribution in [2.24, 2.45) is 0 Å². The number of anilines is 1. The zero-order chi connectivity index (χ0) is 9.68. The van der Waals surface area contributed by atoms with E-state index in [-0.39, 0.29) is 0 Å². The molecule has 0 saturated heterocycles. The van der Waals surface area contributed by atoms with Gasteiger partial charge in [0.1, 0.15) is 5.82 Å². The van der Waals surface area contributed by atoms with E-state index < -0.39 is 0 Å². The first-order valence-corrected chi connectivity index (χ1v) is 4.62. The molecular formula is C10H17N3. The molecule has 0 aliphatic heterocycles. The summed E-state index contributed by atoms with van der Waals surface area (Å²) in [6.45, 7) is 3.01. The number of aromatic nitrogens is 1. The van der Waals surface area contributed by atoms with E-state index in [2.05, 4.69) is 34.7 Å². The normalized spacial score (nSPS) is 10.1. The lowest BCUT2D eigenvalue weighted by atomic mass is 10.2. The van der Waals surface area contributed by atoms with Crippen LogP contribution in [0, 0.1) is 0 Å². The van der Waals surface area contributed by atoms with Crippen molar-refractivity contribution in [3.05, 3.63) is 23.4 Å². The standard InChI is InChI=1S/C10H17N3/c1-4-9-5-8(7-11-2)6-10(12-3)13-9/h5-6,11H,4,7H2,1-3H3,(H,12,13). The Bertz CT molecular complexity index is 249. The van der Waals surface area contributed by atoms with Gasteiger partial charge in [0.2, 0.25) is 0 Å². The molecule has 0 aromatic carbocycles. The van der Waals surface area contributed by atoms with Gasteiger partial charge in [-0.05, 0) is 31.2 Å². The molecule has 0 atom stereocenters. The van der Waals surface area contributed by atoms with Crippen molar-refractivity contribution in [3.63, 3.8) is 0 Å². The summed E-state index contributed by atoms with van der Waals surface area (Å²) in [5.74, 6) is 0.949. The average molecular weight is 179 g/mol. The maximum atomic E-state index is 4.41. The van der Waals surface area contributed by atoms with Crippen LogP contribution in [0.15, 0.2) is 12.1 Å². The SMILES string of the molecule is CCc1cc(CNC)cc(NC)n1. The van der Waals surface area contributed by atoms with Gasteiger partial charge in [-0.2, -0.15) is 0 Å². The van der Waals surface area contributed by atoms with Crippen molar-refractivity contribution < 1.29 is 0 Å². The first-order valence-electron chi connectivity index (χ1n) is 4.62. The lowest BCUT2D eigenvalue weighted by Crippen LogP contribution is -2.07. The number of hydrogen-bond acceptors (Lipinski definition) is 3. The summed E-state index contributed by atoms with van der Waals surface area (Å²) in [5, 5.41) is 6.19. The lowest BCUT2D eigenvalue weighted by Gasteiger charge is -2.06. The number of aryl methyl sites for hydroxylation is 1. The topological polar surface area (TPSA) is 37.0 Å². The Hall–Kier alpha value is -1.09. The third-order valence-electron chi connectivity index (χ3n) is 1.94. The Morgan fingerprint density at radius 1 is 1.31 bits per heavy atom. The van der Waals surface area contributed by atoms with Gasteiger partial charge in [0.05, 0.1) is 0 Å². The molecule has 0 radical (unpaired) electrons. The van der Waals surface area contributed by atoms with Crippen LogP contribution < -0.4 is 10.6 Å². The van der Waals surface area contributed by atoms with E-state index >= 15 is 0 Å². The van der Waals surface area contributed by atoms with Crippen LogP contribution in [0.2, 0.25) is 0 Å². The molecule has 1 rings (SSSR count). The van der Waals surface area contributed by atoms with Crippen LogP contribution in [0.1, 0.15) is 18.2 Å². The highest BCUT2D eigenvalue weighted by Gasteiger charge is 1.99. The summed E-state index contributed by atoms with van der Waals surface area (Å²) in [5.41, 5.74) is 2.41. The highest BCUT2D eigenvalue weighted by atomic mass is 15.0. The fourth-order valence-corrected chi connectivity index (χ4v) is 1.27. The van der Waals surface area contributed by atoms with Gasteiger partial charge in [-0.25, -0.2) is 4.98 Å². The Labute approximate surface area is 79.6 Å². The Morgan fingerprint density at radius 3 is 2.62 bits per heavy atom. The lowest BCUT2D eigenvalue weighted by molar-refractivity contribution is 0.812. The van der Waals surface area contributed by atoms with Crippen LogP contribution >= 0.6 is 0 Å². The average Bonchev–Trinajstić information content (AvgIpc) is 2.17. The van der Waals surface area contributed by atoms with Gasteiger partial charge in [-0.15, -0.1) is 0 Å². The second kappa shape index (κ2) is 4.82. The molecule has 1 heterocycles. The van der Waals surface area contributed by atoms with Gasteiger partial charge in [-0.1, -0.05) is 6.92 Å². The van der Waals surface area contributed by atoms with Crippen LogP contribution in [0.5, 0.6) is 0 Å². The Balaban J connectivity index is 2.93. The van der Waals surface area contributed by atoms with Gasteiger partial charge in [0.25, 0.3) is 0 Å². The molecule has 13 heavy (non-hydrogen) atoms. The van der Waals surface area contributed by atoms with Gasteiger partial charge in [-0.3, -0.25) is 0 Å². The van der Waals surface area contributed by atoms with E-state index in [1.807, 2.05) is 14.1 Å². The van der Waals surface area contributed by atoms with Gasteiger partial charge in [0, 0.05) is 19.3 Å². The molecule has 1 aromatic rings. The van der Waals surface area contributed by atoms with E-state index in [0.29, 0.717) is 0 Å². The molecule has 0 amide bonds. The molecule has 0 bridgehead atoms. The van der Waals surface area contributed by atoms with Gasteiger partial charge < -0.3 is 10.6 Å². The zero-order valence-electron chi connectivity index (χ0n) is 8.52. The molecule has 72 valence electrons. The van der Waals surface area contributed by atoms with Crippen LogP contribution in [0.3, 0.4) is 0 Å². The van der Waals surface area contributed by atoms with Gasteiger partial charge >= 0.3 is 0 Å². The van der Waals surface area contributed by atoms with E-state index in [4.69, 9.17) is 0 Å². The van der Waals surface area contributed by atoms with Crippen molar-refractivity contribution in [2.45, 2.75) is 19.9 Å². The largest absolute Gasteiger partial charge is 0.373 e. The number of hydrogen-bond donors (Lipinski definition) is 2. The Morgan fingerprint density at radius 2 is 2.08 bits per heavy atom. The summed E-state index contributed by atoms with van der Waals surface area (Å²) in [7, 11) is 3.84. The number of nitrogens with zero attached hydrogens (tertiary/aromatic N) is 1. The van der Waals surface area contributed by atoms with Crippen molar-refractivity contribution >= 4 is 5.82 Å². The molecule has 1 aromatic heterocycles. The highest BCUT2D eigenvalue weighted by molar-refractivity contribution is 5.39. The third kappa shape index (κ3) is 2.70. The second-order valence-corrected chi connectivity index (χ2v) is 2.99. The van der Waals surface area contributed by atoms with E-state index in [1.165, 1.54) is 5.56 Å². The van der Waals surface area contributed by atoms with Crippen LogP contribution in [0.4, 0.5) is 5.82 Å². The van der Waals surface area contributed by atoms with Gasteiger partial charge in [0.15, 0.2) is 0 Å². The van der Waals surface area contributed by atoms with Crippen molar-refractivity contribution in [1.82, 2.24) is 10.3 Å². The molecule has 2 N–H and O–H groups in total. The summed E-state index contributed by atoms with van der Waals surface area (Å²) in [6, 6.07) is 4.20. The predicted molar refractivity (Wildman–Crippen MR) is 55.9 cm³/mol. The highest BCUT2D eigenvalue weighted by Crippen LogP contribution is 2.10. The molecule has 3 heteroatoms. The first-order chi connectivity index (χ1) is 6.30. The van der Waals surface area contributed by atoms with Crippen LogP contribution in [-0.2, 0) is 13.0 Å². The minimum absolute atomic E-state index is 0.893. The van der Waals surface area contributed by atoms with Crippen molar-refractivity contribution in [3.8, 4) is 0 Å². The fourth-order valence-electron chi connectivity index (χ4n) is 1.27.